The van der Waals surface area contributed by atoms with Crippen molar-refractivity contribution < 1.29 is 13.2 Å². The third-order valence-corrected chi connectivity index (χ3v) is 3.95. The van der Waals surface area contributed by atoms with Crippen molar-refractivity contribution >= 4 is 0 Å². The standard InChI is InChI=1S/C14H18F3N5/c15-14(16,17)11-21-8-5-18-13(21)10-20-6-1-3-12(20)9-22-7-2-4-19-22/h2,4-5,7-8,12H,1,3,6,9-11H2. The lowest BCUT2D eigenvalue weighted by atomic mass is 10.2. The summed E-state index contributed by atoms with van der Waals surface area (Å²) in [4.78, 5) is 6.29. The largest absolute Gasteiger partial charge is 0.406 e. The van der Waals surface area contributed by atoms with Crippen LogP contribution in [0.1, 0.15) is 18.7 Å². The predicted octanol–water partition coefficient (Wildman–Crippen LogP) is 2.31. The van der Waals surface area contributed by atoms with E-state index in [9.17, 15) is 13.2 Å². The molecule has 0 N–H and O–H groups in total. The van der Waals surface area contributed by atoms with Crippen LogP contribution in [0.2, 0.25) is 0 Å². The Morgan fingerprint density at radius 1 is 1.23 bits per heavy atom. The maximum atomic E-state index is 12.6. The second-order valence-corrected chi connectivity index (χ2v) is 5.58. The van der Waals surface area contributed by atoms with Gasteiger partial charge < -0.3 is 4.57 Å². The number of aromatic nitrogens is 4. The molecule has 0 aromatic carbocycles. The number of alkyl halides is 3. The Kier molecular flexibility index (Phi) is 4.19. The molecule has 0 amide bonds. The van der Waals surface area contributed by atoms with E-state index in [1.54, 1.807) is 6.20 Å². The van der Waals surface area contributed by atoms with Gasteiger partial charge in [-0.05, 0) is 25.5 Å². The van der Waals surface area contributed by atoms with Gasteiger partial charge in [0.25, 0.3) is 0 Å². The Hall–Kier alpha value is -1.83. The molecule has 1 saturated heterocycles. The minimum Gasteiger partial charge on any atom is -0.325 e. The lowest BCUT2D eigenvalue weighted by Crippen LogP contribution is -2.34. The van der Waals surface area contributed by atoms with Crippen molar-refractivity contribution in [2.24, 2.45) is 0 Å². The van der Waals surface area contributed by atoms with Gasteiger partial charge in [-0.2, -0.15) is 18.3 Å². The van der Waals surface area contributed by atoms with E-state index in [-0.39, 0.29) is 6.04 Å². The number of halogens is 3. The van der Waals surface area contributed by atoms with Crippen LogP contribution in [0.3, 0.4) is 0 Å². The summed E-state index contributed by atoms with van der Waals surface area (Å²) in [6.45, 7) is 1.09. The average Bonchev–Trinajstić information content (AvgIpc) is 3.14. The number of nitrogens with zero attached hydrogens (tertiary/aromatic N) is 5. The summed E-state index contributed by atoms with van der Waals surface area (Å²) in [7, 11) is 0. The molecule has 2 aromatic heterocycles. The third kappa shape index (κ3) is 3.68. The molecule has 0 aliphatic carbocycles. The monoisotopic (exact) mass is 313 g/mol. The van der Waals surface area contributed by atoms with Crippen molar-refractivity contribution in [3.8, 4) is 0 Å². The summed E-state index contributed by atoms with van der Waals surface area (Å²) in [6.07, 6.45) is 4.30. The molecule has 0 saturated carbocycles. The maximum absolute atomic E-state index is 12.6. The highest BCUT2D eigenvalue weighted by Gasteiger charge is 2.30. The average molecular weight is 313 g/mol. The summed E-state index contributed by atoms with van der Waals surface area (Å²) < 4.78 is 40.8. The molecular formula is C14H18F3N5. The van der Waals surface area contributed by atoms with E-state index < -0.39 is 12.7 Å². The second kappa shape index (κ2) is 6.12. The SMILES string of the molecule is FC(F)(F)Cn1ccnc1CN1CCCC1Cn1cccn1. The van der Waals surface area contributed by atoms with Gasteiger partial charge >= 0.3 is 6.18 Å². The molecule has 1 atom stereocenters. The zero-order valence-electron chi connectivity index (χ0n) is 12.1. The van der Waals surface area contributed by atoms with Crippen LogP contribution in [0.4, 0.5) is 13.2 Å². The summed E-state index contributed by atoms with van der Waals surface area (Å²) in [5, 5.41) is 4.20. The molecule has 1 aliphatic heterocycles. The van der Waals surface area contributed by atoms with E-state index in [4.69, 9.17) is 0 Å². The molecule has 0 radical (unpaired) electrons. The van der Waals surface area contributed by atoms with Gasteiger partial charge in [0.05, 0.1) is 13.1 Å². The van der Waals surface area contributed by atoms with Crippen molar-refractivity contribution in [1.29, 1.82) is 0 Å². The quantitative estimate of drug-likeness (QED) is 0.850. The normalized spacial score (nSPS) is 19.9. The zero-order chi connectivity index (χ0) is 15.6. The van der Waals surface area contributed by atoms with Crippen molar-refractivity contribution in [3.05, 3.63) is 36.7 Å². The summed E-state index contributed by atoms with van der Waals surface area (Å²) in [6, 6.07) is 2.16. The first-order valence-corrected chi connectivity index (χ1v) is 7.29. The van der Waals surface area contributed by atoms with Crippen LogP contribution in [-0.2, 0) is 19.6 Å². The zero-order valence-corrected chi connectivity index (χ0v) is 12.1. The number of imidazole rings is 1. The smallest absolute Gasteiger partial charge is 0.325 e. The Morgan fingerprint density at radius 3 is 2.82 bits per heavy atom. The first-order chi connectivity index (χ1) is 10.5. The van der Waals surface area contributed by atoms with Gasteiger partial charge in [-0.1, -0.05) is 0 Å². The first-order valence-electron chi connectivity index (χ1n) is 7.29. The van der Waals surface area contributed by atoms with Crippen molar-refractivity contribution in [3.63, 3.8) is 0 Å². The number of likely N-dealkylation sites (tertiary alicyclic amines) is 1. The van der Waals surface area contributed by atoms with Crippen molar-refractivity contribution in [2.75, 3.05) is 6.54 Å². The molecule has 5 nitrogen and oxygen atoms in total. The molecule has 8 heteroatoms. The van der Waals surface area contributed by atoms with Gasteiger partial charge in [0.15, 0.2) is 0 Å². The predicted molar refractivity (Wildman–Crippen MR) is 73.9 cm³/mol. The number of hydrogen-bond donors (Lipinski definition) is 0. The van der Waals surface area contributed by atoms with Crippen LogP contribution in [-0.4, -0.2) is 43.0 Å². The van der Waals surface area contributed by atoms with Crippen molar-refractivity contribution in [2.45, 2.75) is 44.7 Å². The minimum absolute atomic E-state index is 0.288. The Labute approximate surface area is 126 Å². The molecule has 2 aromatic rings. The van der Waals surface area contributed by atoms with E-state index in [0.717, 1.165) is 25.9 Å². The van der Waals surface area contributed by atoms with Crippen LogP contribution in [0.25, 0.3) is 0 Å². The van der Waals surface area contributed by atoms with Crippen LogP contribution in [0.5, 0.6) is 0 Å². The van der Waals surface area contributed by atoms with Gasteiger partial charge in [0.1, 0.15) is 12.4 Å². The van der Waals surface area contributed by atoms with Crippen LogP contribution in [0, 0.1) is 0 Å². The lowest BCUT2D eigenvalue weighted by molar-refractivity contribution is -0.141. The molecule has 3 heterocycles. The number of hydrogen-bond acceptors (Lipinski definition) is 3. The van der Waals surface area contributed by atoms with Crippen molar-refractivity contribution in [1.82, 2.24) is 24.2 Å². The topological polar surface area (TPSA) is 38.9 Å². The van der Waals surface area contributed by atoms with Gasteiger partial charge in [-0.3, -0.25) is 9.58 Å². The van der Waals surface area contributed by atoms with E-state index in [1.165, 1.54) is 17.0 Å². The summed E-state index contributed by atoms with van der Waals surface area (Å²) in [5.41, 5.74) is 0. The Balaban J connectivity index is 1.66. The summed E-state index contributed by atoms with van der Waals surface area (Å²) >= 11 is 0. The Bertz CT molecular complexity index is 590. The fourth-order valence-electron chi connectivity index (χ4n) is 2.94. The maximum Gasteiger partial charge on any atom is 0.406 e. The molecule has 3 rings (SSSR count). The van der Waals surface area contributed by atoms with Crippen LogP contribution >= 0.6 is 0 Å². The molecule has 0 spiro atoms. The number of rotatable bonds is 5. The van der Waals surface area contributed by atoms with E-state index in [0.29, 0.717) is 12.4 Å². The van der Waals surface area contributed by atoms with Gasteiger partial charge in [-0.25, -0.2) is 4.98 Å². The molecule has 1 fully saturated rings. The molecule has 1 aliphatic rings. The minimum atomic E-state index is -4.23. The van der Waals surface area contributed by atoms with Gasteiger partial charge in [0, 0.05) is 30.8 Å². The van der Waals surface area contributed by atoms with Gasteiger partial charge in [0.2, 0.25) is 0 Å². The van der Waals surface area contributed by atoms with E-state index in [1.807, 2.05) is 16.9 Å². The van der Waals surface area contributed by atoms with E-state index in [2.05, 4.69) is 15.0 Å². The highest BCUT2D eigenvalue weighted by Crippen LogP contribution is 2.23. The van der Waals surface area contributed by atoms with Crippen LogP contribution < -0.4 is 0 Å². The third-order valence-electron chi connectivity index (χ3n) is 3.95. The first kappa shape index (κ1) is 15.1. The highest BCUT2D eigenvalue weighted by atomic mass is 19.4. The Morgan fingerprint density at radius 2 is 2.09 bits per heavy atom. The second-order valence-electron chi connectivity index (χ2n) is 5.58. The molecule has 120 valence electrons. The fraction of sp³-hybridized carbons (Fsp3) is 0.571. The van der Waals surface area contributed by atoms with Gasteiger partial charge in [-0.15, -0.1) is 0 Å². The van der Waals surface area contributed by atoms with E-state index >= 15 is 0 Å². The molecule has 1 unspecified atom stereocenters. The molecule has 22 heavy (non-hydrogen) atoms. The molecule has 0 bridgehead atoms. The fourth-order valence-corrected chi connectivity index (χ4v) is 2.94. The lowest BCUT2D eigenvalue weighted by Gasteiger charge is -2.24. The molecular weight excluding hydrogens is 295 g/mol. The summed E-state index contributed by atoms with van der Waals surface area (Å²) in [5.74, 6) is 0.463. The van der Waals surface area contributed by atoms with Crippen LogP contribution in [0.15, 0.2) is 30.9 Å². The highest BCUT2D eigenvalue weighted by molar-refractivity contribution is 4.95.